The molecule has 0 atom stereocenters. The topological polar surface area (TPSA) is 102 Å². The third-order valence-corrected chi connectivity index (χ3v) is 7.05. The molecule has 0 aliphatic rings. The number of hydrogen-bond donors (Lipinski definition) is 2. The summed E-state index contributed by atoms with van der Waals surface area (Å²) in [7, 11) is 1.81. The van der Waals surface area contributed by atoms with Crippen molar-refractivity contribution in [1.29, 1.82) is 0 Å². The molecule has 2 heterocycles. The van der Waals surface area contributed by atoms with Gasteiger partial charge in [0.15, 0.2) is 16.1 Å². The normalized spacial score (nSPS) is 10.8. The van der Waals surface area contributed by atoms with E-state index in [4.69, 9.17) is 0 Å². The minimum Gasteiger partial charge on any atom is -0.345 e. The summed E-state index contributed by atoms with van der Waals surface area (Å²) < 4.78 is 1.77. The van der Waals surface area contributed by atoms with E-state index in [2.05, 4.69) is 25.8 Å². The van der Waals surface area contributed by atoms with Crippen molar-refractivity contribution in [2.45, 2.75) is 25.5 Å². The summed E-state index contributed by atoms with van der Waals surface area (Å²) in [6, 6.07) is 17.3. The van der Waals surface area contributed by atoms with Crippen LogP contribution in [0.25, 0.3) is 11.3 Å². The molecular formula is C24H24N6O2S2. The average molecular weight is 493 g/mol. The second-order valence-electron chi connectivity index (χ2n) is 7.58. The molecule has 2 N–H and O–H groups in total. The number of rotatable bonds is 8. The average Bonchev–Trinajstić information content (AvgIpc) is 3.38. The van der Waals surface area contributed by atoms with Crippen LogP contribution in [-0.2, 0) is 18.4 Å². The van der Waals surface area contributed by atoms with Crippen molar-refractivity contribution in [2.75, 3.05) is 11.1 Å². The molecule has 0 unspecified atom stereocenters. The Morgan fingerprint density at radius 1 is 1.03 bits per heavy atom. The van der Waals surface area contributed by atoms with E-state index in [0.29, 0.717) is 21.7 Å². The number of benzene rings is 2. The number of amides is 2. The third-order valence-electron chi connectivity index (χ3n) is 5.14. The summed E-state index contributed by atoms with van der Waals surface area (Å²) in [5.74, 6) is 0.438. The number of nitrogens with zero attached hydrogens (tertiary/aromatic N) is 4. The summed E-state index contributed by atoms with van der Waals surface area (Å²) in [6.45, 7) is 4.12. The van der Waals surface area contributed by atoms with Gasteiger partial charge in [-0.3, -0.25) is 9.59 Å². The number of aryl methyl sites for hydroxylation is 2. The second-order valence-corrected chi connectivity index (χ2v) is 9.73. The molecule has 34 heavy (non-hydrogen) atoms. The van der Waals surface area contributed by atoms with Crippen molar-refractivity contribution in [3.05, 3.63) is 76.4 Å². The highest BCUT2D eigenvalue weighted by Crippen LogP contribution is 2.30. The summed E-state index contributed by atoms with van der Waals surface area (Å²) >= 11 is 2.73. The predicted octanol–water partition coefficient (Wildman–Crippen LogP) is 4.22. The zero-order valence-electron chi connectivity index (χ0n) is 19.0. The quantitative estimate of drug-likeness (QED) is 0.357. The number of carbonyl (C=O) groups excluding carboxylic acids is 2. The van der Waals surface area contributed by atoms with Gasteiger partial charge in [-0.2, -0.15) is 0 Å². The van der Waals surface area contributed by atoms with Crippen molar-refractivity contribution in [3.63, 3.8) is 0 Å². The van der Waals surface area contributed by atoms with E-state index in [1.807, 2.05) is 69.4 Å². The molecule has 0 radical (unpaired) electrons. The number of nitrogens with one attached hydrogen (secondary N) is 2. The van der Waals surface area contributed by atoms with E-state index in [-0.39, 0.29) is 24.1 Å². The SMILES string of the molecule is Cc1ccccc1C(=O)NCc1nnc(SCC(=O)Nc2nc(-c3ccccc3)c(C)s2)n1C. The maximum absolute atomic E-state index is 12.5. The maximum Gasteiger partial charge on any atom is 0.251 e. The van der Waals surface area contributed by atoms with E-state index in [9.17, 15) is 9.59 Å². The highest BCUT2D eigenvalue weighted by Gasteiger charge is 2.15. The lowest BCUT2D eigenvalue weighted by Crippen LogP contribution is -2.25. The van der Waals surface area contributed by atoms with Gasteiger partial charge in [-0.25, -0.2) is 4.98 Å². The lowest BCUT2D eigenvalue weighted by atomic mass is 10.1. The van der Waals surface area contributed by atoms with Crippen LogP contribution in [-0.4, -0.2) is 37.3 Å². The Kier molecular flexibility index (Phi) is 7.39. The van der Waals surface area contributed by atoms with E-state index in [1.165, 1.54) is 23.1 Å². The second kappa shape index (κ2) is 10.6. The highest BCUT2D eigenvalue weighted by molar-refractivity contribution is 7.99. The Labute approximate surface area is 205 Å². The van der Waals surface area contributed by atoms with Crippen molar-refractivity contribution in [3.8, 4) is 11.3 Å². The zero-order valence-corrected chi connectivity index (χ0v) is 20.7. The molecule has 2 amide bonds. The van der Waals surface area contributed by atoms with Gasteiger partial charge in [-0.15, -0.1) is 21.5 Å². The van der Waals surface area contributed by atoms with Crippen LogP contribution in [0.15, 0.2) is 59.8 Å². The molecule has 10 heteroatoms. The predicted molar refractivity (Wildman–Crippen MR) is 135 cm³/mol. The Bertz CT molecular complexity index is 1320. The van der Waals surface area contributed by atoms with Crippen LogP contribution < -0.4 is 10.6 Å². The monoisotopic (exact) mass is 492 g/mol. The lowest BCUT2D eigenvalue weighted by Gasteiger charge is -2.07. The molecule has 0 saturated carbocycles. The van der Waals surface area contributed by atoms with Gasteiger partial charge in [0.2, 0.25) is 5.91 Å². The van der Waals surface area contributed by atoms with Crippen LogP contribution in [0.4, 0.5) is 5.13 Å². The number of carbonyl (C=O) groups is 2. The summed E-state index contributed by atoms with van der Waals surface area (Å²) in [5, 5.41) is 15.2. The lowest BCUT2D eigenvalue weighted by molar-refractivity contribution is -0.113. The number of thioether (sulfide) groups is 1. The fourth-order valence-corrected chi connectivity index (χ4v) is 4.89. The third kappa shape index (κ3) is 5.52. The fraction of sp³-hybridized carbons (Fsp3) is 0.208. The zero-order chi connectivity index (χ0) is 24.1. The van der Waals surface area contributed by atoms with Gasteiger partial charge in [0, 0.05) is 23.1 Å². The molecule has 0 aliphatic heterocycles. The number of hydrogen-bond acceptors (Lipinski definition) is 7. The first kappa shape index (κ1) is 23.7. The van der Waals surface area contributed by atoms with Gasteiger partial charge in [0.05, 0.1) is 18.0 Å². The van der Waals surface area contributed by atoms with Crippen LogP contribution in [0.1, 0.15) is 26.6 Å². The van der Waals surface area contributed by atoms with Crippen molar-refractivity contribution in [1.82, 2.24) is 25.1 Å². The molecule has 0 aliphatic carbocycles. The minimum atomic E-state index is -0.171. The fourth-order valence-electron chi connectivity index (χ4n) is 3.31. The van der Waals surface area contributed by atoms with Gasteiger partial charge in [0.1, 0.15) is 0 Å². The first-order valence-electron chi connectivity index (χ1n) is 10.6. The van der Waals surface area contributed by atoms with Gasteiger partial charge < -0.3 is 15.2 Å². The van der Waals surface area contributed by atoms with E-state index >= 15 is 0 Å². The smallest absolute Gasteiger partial charge is 0.251 e. The van der Waals surface area contributed by atoms with E-state index < -0.39 is 0 Å². The molecule has 8 nitrogen and oxygen atoms in total. The summed E-state index contributed by atoms with van der Waals surface area (Å²) in [5.41, 5.74) is 3.43. The van der Waals surface area contributed by atoms with E-state index in [1.54, 1.807) is 10.6 Å². The number of aromatic nitrogens is 4. The highest BCUT2D eigenvalue weighted by atomic mass is 32.2. The molecule has 0 saturated heterocycles. The van der Waals surface area contributed by atoms with Crippen LogP contribution in [0.5, 0.6) is 0 Å². The van der Waals surface area contributed by atoms with Crippen LogP contribution in [0.3, 0.4) is 0 Å². The summed E-state index contributed by atoms with van der Waals surface area (Å²) in [6.07, 6.45) is 0. The summed E-state index contributed by atoms with van der Waals surface area (Å²) in [4.78, 5) is 30.5. The number of anilines is 1. The van der Waals surface area contributed by atoms with Gasteiger partial charge >= 0.3 is 0 Å². The number of thiazole rings is 1. The Morgan fingerprint density at radius 3 is 2.53 bits per heavy atom. The first-order valence-corrected chi connectivity index (χ1v) is 12.4. The molecule has 0 fully saturated rings. The Morgan fingerprint density at radius 2 is 1.76 bits per heavy atom. The Hall–Kier alpha value is -3.50. The largest absolute Gasteiger partial charge is 0.345 e. The molecule has 2 aromatic heterocycles. The molecule has 2 aromatic carbocycles. The molecule has 0 bridgehead atoms. The molecule has 0 spiro atoms. The molecular weight excluding hydrogens is 468 g/mol. The first-order chi connectivity index (χ1) is 16.4. The van der Waals surface area contributed by atoms with Crippen LogP contribution in [0, 0.1) is 13.8 Å². The van der Waals surface area contributed by atoms with Crippen molar-refractivity contribution in [2.24, 2.45) is 7.05 Å². The molecule has 174 valence electrons. The van der Waals surface area contributed by atoms with Crippen molar-refractivity contribution >= 4 is 40.0 Å². The minimum absolute atomic E-state index is 0.164. The maximum atomic E-state index is 12.5. The van der Waals surface area contributed by atoms with E-state index in [0.717, 1.165) is 21.7 Å². The standard InChI is InChI=1S/C24H24N6O2S2/c1-15-9-7-8-12-18(15)22(32)25-13-19-28-29-24(30(19)3)33-14-20(31)26-23-27-21(16(2)34-23)17-10-5-4-6-11-17/h4-12H,13-14H2,1-3H3,(H,25,32)(H,26,27,31). The van der Waals surface area contributed by atoms with Crippen LogP contribution in [0.2, 0.25) is 0 Å². The molecule has 4 aromatic rings. The van der Waals surface area contributed by atoms with Crippen LogP contribution >= 0.6 is 23.1 Å². The van der Waals surface area contributed by atoms with Crippen molar-refractivity contribution < 1.29 is 9.59 Å². The Balaban J connectivity index is 1.31. The molecule has 4 rings (SSSR count). The van der Waals surface area contributed by atoms with Gasteiger partial charge in [-0.1, -0.05) is 60.3 Å². The van der Waals surface area contributed by atoms with Gasteiger partial charge in [-0.05, 0) is 25.5 Å². The van der Waals surface area contributed by atoms with Gasteiger partial charge in [0.25, 0.3) is 5.91 Å².